The molecule has 1 aromatic rings. The van der Waals surface area contributed by atoms with Crippen molar-refractivity contribution in [3.05, 3.63) is 16.1 Å². The van der Waals surface area contributed by atoms with Gasteiger partial charge in [-0.15, -0.1) is 11.3 Å². The maximum absolute atomic E-state index is 5.22. The van der Waals surface area contributed by atoms with Gasteiger partial charge in [0.1, 0.15) is 5.01 Å². The van der Waals surface area contributed by atoms with Crippen LogP contribution in [-0.2, 0) is 11.3 Å². The predicted molar refractivity (Wildman–Crippen MR) is 68.9 cm³/mol. The second kappa shape index (κ2) is 7.76. The highest BCUT2D eigenvalue weighted by molar-refractivity contribution is 7.09. The minimum Gasteiger partial charge on any atom is -0.383 e. The van der Waals surface area contributed by atoms with Crippen molar-refractivity contribution in [3.63, 3.8) is 0 Å². The van der Waals surface area contributed by atoms with Crippen LogP contribution in [0.5, 0.6) is 0 Å². The zero-order chi connectivity index (χ0) is 11.8. The van der Waals surface area contributed by atoms with Gasteiger partial charge in [-0.05, 0) is 13.3 Å². The number of nitrogens with zero attached hydrogens (tertiary/aromatic N) is 1. The quantitative estimate of drug-likeness (QED) is 0.761. The highest BCUT2D eigenvalue weighted by Gasteiger charge is 2.08. The molecule has 0 fully saturated rings. The molecule has 0 spiro atoms. The van der Waals surface area contributed by atoms with E-state index >= 15 is 0 Å². The van der Waals surface area contributed by atoms with Crippen LogP contribution in [0.2, 0.25) is 0 Å². The van der Waals surface area contributed by atoms with Crippen molar-refractivity contribution in [2.24, 2.45) is 0 Å². The molecule has 16 heavy (non-hydrogen) atoms. The minimum atomic E-state index is 0.453. The van der Waals surface area contributed by atoms with E-state index in [0.29, 0.717) is 6.04 Å². The van der Waals surface area contributed by atoms with Gasteiger partial charge in [0.2, 0.25) is 0 Å². The average Bonchev–Trinajstić information content (AvgIpc) is 2.68. The Morgan fingerprint density at radius 3 is 2.94 bits per heavy atom. The molecule has 1 aromatic heterocycles. The van der Waals surface area contributed by atoms with Gasteiger partial charge in [-0.1, -0.05) is 19.8 Å². The summed E-state index contributed by atoms with van der Waals surface area (Å²) >= 11 is 1.72. The van der Waals surface area contributed by atoms with Crippen molar-refractivity contribution in [3.8, 4) is 0 Å². The van der Waals surface area contributed by atoms with E-state index in [0.717, 1.165) is 23.9 Å². The Morgan fingerprint density at radius 1 is 1.56 bits per heavy atom. The second-order valence-corrected chi connectivity index (χ2v) is 5.00. The number of rotatable bonds is 8. The molecular formula is C12H22N2OS. The summed E-state index contributed by atoms with van der Waals surface area (Å²) in [5.41, 5.74) is 1.11. The molecule has 0 saturated carbocycles. The SMILES string of the molecule is CCCCC(COC)NCc1nc(C)cs1. The molecule has 0 aliphatic carbocycles. The molecular weight excluding hydrogens is 220 g/mol. The number of hydrogen-bond acceptors (Lipinski definition) is 4. The van der Waals surface area contributed by atoms with Crippen LogP contribution in [0.4, 0.5) is 0 Å². The average molecular weight is 242 g/mol. The molecule has 3 nitrogen and oxygen atoms in total. The Morgan fingerprint density at radius 2 is 2.38 bits per heavy atom. The molecule has 1 rings (SSSR count). The Kier molecular flexibility index (Phi) is 6.61. The lowest BCUT2D eigenvalue weighted by Crippen LogP contribution is -2.32. The summed E-state index contributed by atoms with van der Waals surface area (Å²) in [5, 5.41) is 6.76. The zero-order valence-corrected chi connectivity index (χ0v) is 11.3. The Labute approximate surface area is 102 Å². The summed E-state index contributed by atoms with van der Waals surface area (Å²) < 4.78 is 5.22. The van der Waals surface area contributed by atoms with Crippen molar-refractivity contribution in [1.82, 2.24) is 10.3 Å². The molecule has 0 aromatic carbocycles. The number of methoxy groups -OCH3 is 1. The Hall–Kier alpha value is -0.450. The Balaban J connectivity index is 2.30. The number of nitrogens with one attached hydrogen (secondary N) is 1. The van der Waals surface area contributed by atoms with Crippen LogP contribution in [0.1, 0.15) is 36.9 Å². The standard InChI is InChI=1S/C12H22N2OS/c1-4-5-6-11(8-15-3)13-7-12-14-10(2)9-16-12/h9,11,13H,4-8H2,1-3H3. The molecule has 1 N–H and O–H groups in total. The molecule has 1 unspecified atom stereocenters. The van der Waals surface area contributed by atoms with Crippen LogP contribution in [-0.4, -0.2) is 24.7 Å². The topological polar surface area (TPSA) is 34.1 Å². The fourth-order valence-electron chi connectivity index (χ4n) is 1.61. The van der Waals surface area contributed by atoms with Gasteiger partial charge in [-0.2, -0.15) is 0 Å². The molecule has 0 saturated heterocycles. The Bertz CT molecular complexity index is 288. The number of unbranched alkanes of at least 4 members (excludes halogenated alkanes) is 1. The van der Waals surface area contributed by atoms with Crippen molar-refractivity contribution in [2.75, 3.05) is 13.7 Å². The molecule has 0 aliphatic heterocycles. The summed E-state index contributed by atoms with van der Waals surface area (Å²) in [6, 6.07) is 0.453. The van der Waals surface area contributed by atoms with E-state index in [4.69, 9.17) is 4.74 Å². The first-order chi connectivity index (χ1) is 7.76. The van der Waals surface area contributed by atoms with Gasteiger partial charge < -0.3 is 10.1 Å². The van der Waals surface area contributed by atoms with E-state index in [9.17, 15) is 0 Å². The maximum Gasteiger partial charge on any atom is 0.107 e. The lowest BCUT2D eigenvalue weighted by atomic mass is 10.1. The van der Waals surface area contributed by atoms with E-state index < -0.39 is 0 Å². The number of aromatic nitrogens is 1. The lowest BCUT2D eigenvalue weighted by molar-refractivity contribution is 0.160. The first kappa shape index (κ1) is 13.6. The van der Waals surface area contributed by atoms with Crippen molar-refractivity contribution in [1.29, 1.82) is 0 Å². The summed E-state index contributed by atoms with van der Waals surface area (Å²) in [6.07, 6.45) is 3.66. The molecule has 92 valence electrons. The first-order valence-corrected chi connectivity index (χ1v) is 6.77. The number of hydrogen-bond donors (Lipinski definition) is 1. The van der Waals surface area contributed by atoms with Crippen LogP contribution < -0.4 is 5.32 Å². The molecule has 0 aliphatic rings. The van der Waals surface area contributed by atoms with Gasteiger partial charge in [-0.3, -0.25) is 0 Å². The van der Waals surface area contributed by atoms with Gasteiger partial charge in [0.25, 0.3) is 0 Å². The van der Waals surface area contributed by atoms with Crippen LogP contribution in [0.25, 0.3) is 0 Å². The smallest absolute Gasteiger partial charge is 0.107 e. The van der Waals surface area contributed by atoms with E-state index in [1.54, 1.807) is 18.4 Å². The van der Waals surface area contributed by atoms with Crippen molar-refractivity contribution in [2.45, 2.75) is 45.7 Å². The van der Waals surface area contributed by atoms with Crippen LogP contribution >= 0.6 is 11.3 Å². The van der Waals surface area contributed by atoms with Crippen molar-refractivity contribution >= 4 is 11.3 Å². The third-order valence-electron chi connectivity index (χ3n) is 2.48. The summed E-state index contributed by atoms with van der Waals surface area (Å²) in [5.74, 6) is 0. The molecule has 0 amide bonds. The molecule has 0 bridgehead atoms. The van der Waals surface area contributed by atoms with Crippen LogP contribution in [0.3, 0.4) is 0 Å². The second-order valence-electron chi connectivity index (χ2n) is 4.06. The molecule has 1 heterocycles. The van der Waals surface area contributed by atoms with E-state index in [1.807, 2.05) is 6.92 Å². The zero-order valence-electron chi connectivity index (χ0n) is 10.5. The van der Waals surface area contributed by atoms with E-state index in [2.05, 4.69) is 22.6 Å². The highest BCUT2D eigenvalue weighted by Crippen LogP contribution is 2.09. The van der Waals surface area contributed by atoms with Gasteiger partial charge in [0.15, 0.2) is 0 Å². The third kappa shape index (κ3) is 5.05. The fraction of sp³-hybridized carbons (Fsp3) is 0.750. The number of thiazole rings is 1. The molecule has 1 atom stereocenters. The highest BCUT2D eigenvalue weighted by atomic mass is 32.1. The van der Waals surface area contributed by atoms with Crippen molar-refractivity contribution < 1.29 is 4.74 Å². The van der Waals surface area contributed by atoms with Gasteiger partial charge in [0.05, 0.1) is 6.61 Å². The molecule has 0 radical (unpaired) electrons. The van der Waals surface area contributed by atoms with Crippen LogP contribution in [0, 0.1) is 6.92 Å². The summed E-state index contributed by atoms with van der Waals surface area (Å²) in [7, 11) is 1.76. The van der Waals surface area contributed by atoms with Crippen LogP contribution in [0.15, 0.2) is 5.38 Å². The normalized spacial score (nSPS) is 12.9. The molecule has 4 heteroatoms. The predicted octanol–water partition coefficient (Wildman–Crippen LogP) is 2.75. The third-order valence-corrected chi connectivity index (χ3v) is 3.45. The summed E-state index contributed by atoms with van der Waals surface area (Å²) in [6.45, 7) is 5.89. The van der Waals surface area contributed by atoms with Gasteiger partial charge in [0, 0.05) is 30.8 Å². The van der Waals surface area contributed by atoms with Gasteiger partial charge in [-0.25, -0.2) is 4.98 Å². The first-order valence-electron chi connectivity index (χ1n) is 5.89. The monoisotopic (exact) mass is 242 g/mol. The van der Waals surface area contributed by atoms with Gasteiger partial charge >= 0.3 is 0 Å². The van der Waals surface area contributed by atoms with E-state index in [1.165, 1.54) is 19.3 Å². The summed E-state index contributed by atoms with van der Waals surface area (Å²) in [4.78, 5) is 4.44. The fourth-order valence-corrected chi connectivity index (χ4v) is 2.33. The number of aryl methyl sites for hydroxylation is 1. The minimum absolute atomic E-state index is 0.453. The maximum atomic E-state index is 5.22. The lowest BCUT2D eigenvalue weighted by Gasteiger charge is -2.16. The largest absolute Gasteiger partial charge is 0.383 e. The van der Waals surface area contributed by atoms with E-state index in [-0.39, 0.29) is 0 Å². The number of ether oxygens (including phenoxy) is 1.